The van der Waals surface area contributed by atoms with Crippen molar-refractivity contribution in [3.05, 3.63) is 106 Å². The zero-order chi connectivity index (χ0) is 21.8. The van der Waals surface area contributed by atoms with E-state index in [2.05, 4.69) is 10.3 Å². The molecule has 0 saturated carbocycles. The first-order valence-electron chi connectivity index (χ1n) is 9.50. The molecule has 2 heterocycles. The predicted octanol–water partition coefficient (Wildman–Crippen LogP) is 4.69. The van der Waals surface area contributed by atoms with Crippen LogP contribution in [0.2, 0.25) is 5.02 Å². The number of rotatable bonds is 6. The fourth-order valence-electron chi connectivity index (χ4n) is 2.96. The molecule has 2 aromatic heterocycles. The van der Waals surface area contributed by atoms with E-state index in [4.69, 9.17) is 11.6 Å². The lowest BCUT2D eigenvalue weighted by atomic mass is 10.2. The van der Waals surface area contributed by atoms with Crippen LogP contribution in [-0.2, 0) is 13.6 Å². The molecule has 0 saturated heterocycles. The summed E-state index contributed by atoms with van der Waals surface area (Å²) in [6, 6.07) is 17.7. The number of nitrogens with zero attached hydrogens (tertiary/aromatic N) is 3. The summed E-state index contributed by atoms with van der Waals surface area (Å²) in [6.45, 7) is 0.290. The molecule has 0 aliphatic rings. The van der Waals surface area contributed by atoms with Crippen LogP contribution in [0.1, 0.15) is 15.9 Å². The Kier molecular flexibility index (Phi) is 6.25. The molecule has 0 aliphatic carbocycles. The van der Waals surface area contributed by atoms with Crippen LogP contribution in [0.5, 0.6) is 0 Å². The van der Waals surface area contributed by atoms with E-state index in [-0.39, 0.29) is 11.5 Å². The first-order valence-corrected chi connectivity index (χ1v) is 10.7. The van der Waals surface area contributed by atoms with Crippen LogP contribution >= 0.6 is 23.4 Å². The third-order valence-electron chi connectivity index (χ3n) is 4.64. The number of hydrogen-bond donors (Lipinski definition) is 1. The van der Waals surface area contributed by atoms with Crippen LogP contribution < -0.4 is 10.9 Å². The number of aryl methyl sites for hydroxylation is 1. The maximum Gasteiger partial charge on any atom is 0.257 e. The van der Waals surface area contributed by atoms with Gasteiger partial charge in [0, 0.05) is 47.3 Å². The summed E-state index contributed by atoms with van der Waals surface area (Å²) in [4.78, 5) is 30.3. The zero-order valence-electron chi connectivity index (χ0n) is 16.7. The van der Waals surface area contributed by atoms with Gasteiger partial charge in [-0.25, -0.2) is 4.98 Å². The second-order valence-electron chi connectivity index (χ2n) is 6.88. The topological polar surface area (TPSA) is 68.9 Å². The lowest BCUT2D eigenvalue weighted by Gasteiger charge is -2.10. The van der Waals surface area contributed by atoms with E-state index < -0.39 is 0 Å². The maximum atomic E-state index is 12.7. The van der Waals surface area contributed by atoms with Crippen LogP contribution in [0.4, 0.5) is 5.69 Å². The van der Waals surface area contributed by atoms with Crippen LogP contribution in [0.15, 0.2) is 94.1 Å². The number of benzene rings is 2. The molecule has 0 fully saturated rings. The molecular weight excluding hydrogens is 432 g/mol. The SMILES string of the molecule is Cn1ccnc1Sc1ccc(NC(=O)c2ccc(=O)n(Cc3ccccc3Cl)c2)cc1. The number of carbonyl (C=O) groups excluding carboxylic acids is 1. The number of imidazole rings is 1. The van der Waals surface area contributed by atoms with Gasteiger partial charge in [0.25, 0.3) is 11.5 Å². The Hall–Kier alpha value is -3.29. The number of halogens is 1. The summed E-state index contributed by atoms with van der Waals surface area (Å²) >= 11 is 7.74. The first-order chi connectivity index (χ1) is 15.0. The largest absolute Gasteiger partial charge is 0.329 e. The van der Waals surface area contributed by atoms with Crippen LogP contribution in [0, 0.1) is 0 Å². The number of nitrogens with one attached hydrogen (secondary N) is 1. The summed E-state index contributed by atoms with van der Waals surface area (Å²) < 4.78 is 3.42. The summed E-state index contributed by atoms with van der Waals surface area (Å²) in [6.07, 6.45) is 5.19. The molecule has 0 radical (unpaired) electrons. The second kappa shape index (κ2) is 9.24. The number of anilines is 1. The van der Waals surface area contributed by atoms with Crippen molar-refractivity contribution in [2.75, 3.05) is 5.32 Å². The van der Waals surface area contributed by atoms with Crippen molar-refractivity contribution in [2.24, 2.45) is 7.05 Å². The Morgan fingerprint density at radius 3 is 2.58 bits per heavy atom. The first kappa shape index (κ1) is 21.0. The molecule has 0 spiro atoms. The predicted molar refractivity (Wildman–Crippen MR) is 123 cm³/mol. The van der Waals surface area contributed by atoms with Crippen molar-refractivity contribution in [1.29, 1.82) is 0 Å². The van der Waals surface area contributed by atoms with Crippen LogP contribution in [0.25, 0.3) is 0 Å². The summed E-state index contributed by atoms with van der Waals surface area (Å²) in [5.41, 5.74) is 1.66. The molecule has 1 amide bonds. The van der Waals surface area contributed by atoms with E-state index in [9.17, 15) is 9.59 Å². The molecule has 0 bridgehead atoms. The number of aromatic nitrogens is 3. The van der Waals surface area contributed by atoms with Crippen molar-refractivity contribution in [3.8, 4) is 0 Å². The van der Waals surface area contributed by atoms with E-state index in [1.54, 1.807) is 30.2 Å². The summed E-state index contributed by atoms with van der Waals surface area (Å²) in [7, 11) is 1.94. The van der Waals surface area contributed by atoms with E-state index in [0.717, 1.165) is 15.6 Å². The Bertz CT molecular complexity index is 1280. The Balaban J connectivity index is 1.46. The van der Waals surface area contributed by atoms with E-state index in [0.29, 0.717) is 22.8 Å². The van der Waals surface area contributed by atoms with Gasteiger partial charge >= 0.3 is 0 Å². The quantitative estimate of drug-likeness (QED) is 0.462. The molecule has 31 heavy (non-hydrogen) atoms. The lowest BCUT2D eigenvalue weighted by Crippen LogP contribution is -2.22. The average molecular weight is 451 g/mol. The molecule has 6 nitrogen and oxygen atoms in total. The van der Waals surface area contributed by atoms with Crippen LogP contribution in [-0.4, -0.2) is 20.0 Å². The van der Waals surface area contributed by atoms with Gasteiger partial charge in [-0.05, 0) is 42.0 Å². The van der Waals surface area contributed by atoms with Gasteiger partial charge < -0.3 is 14.5 Å². The Morgan fingerprint density at radius 1 is 1.10 bits per heavy atom. The van der Waals surface area contributed by atoms with Gasteiger partial charge in [-0.2, -0.15) is 0 Å². The number of amides is 1. The van der Waals surface area contributed by atoms with E-state index in [1.807, 2.05) is 60.3 Å². The van der Waals surface area contributed by atoms with Crippen molar-refractivity contribution in [3.63, 3.8) is 0 Å². The van der Waals surface area contributed by atoms with E-state index in [1.165, 1.54) is 16.7 Å². The highest BCUT2D eigenvalue weighted by atomic mass is 35.5. The molecule has 2 aromatic carbocycles. The summed E-state index contributed by atoms with van der Waals surface area (Å²) in [5, 5.41) is 4.33. The van der Waals surface area contributed by atoms with Gasteiger partial charge in [0.2, 0.25) is 0 Å². The summed E-state index contributed by atoms with van der Waals surface area (Å²) in [5.74, 6) is -0.294. The molecule has 4 rings (SSSR count). The van der Waals surface area contributed by atoms with Crippen molar-refractivity contribution in [1.82, 2.24) is 14.1 Å². The molecule has 8 heteroatoms. The van der Waals surface area contributed by atoms with Gasteiger partial charge in [0.1, 0.15) is 0 Å². The maximum absolute atomic E-state index is 12.7. The molecular formula is C23H19ClN4O2S. The highest BCUT2D eigenvalue weighted by Crippen LogP contribution is 2.27. The molecule has 0 atom stereocenters. The fourth-order valence-corrected chi connectivity index (χ4v) is 3.96. The fraction of sp³-hybridized carbons (Fsp3) is 0.0870. The minimum Gasteiger partial charge on any atom is -0.329 e. The molecule has 0 unspecified atom stereocenters. The third-order valence-corrected chi connectivity index (χ3v) is 6.10. The normalized spacial score (nSPS) is 10.8. The molecule has 1 N–H and O–H groups in total. The average Bonchev–Trinajstić information content (AvgIpc) is 3.17. The van der Waals surface area contributed by atoms with Gasteiger partial charge in [0.15, 0.2) is 5.16 Å². The number of hydrogen-bond acceptors (Lipinski definition) is 4. The lowest BCUT2D eigenvalue weighted by molar-refractivity contribution is 0.102. The second-order valence-corrected chi connectivity index (χ2v) is 8.32. The monoisotopic (exact) mass is 450 g/mol. The van der Waals surface area contributed by atoms with E-state index >= 15 is 0 Å². The van der Waals surface area contributed by atoms with Gasteiger partial charge in [-0.15, -0.1) is 0 Å². The Morgan fingerprint density at radius 2 is 1.87 bits per heavy atom. The molecule has 4 aromatic rings. The smallest absolute Gasteiger partial charge is 0.257 e. The standard InChI is InChI=1S/C23H19ClN4O2S/c1-27-13-12-25-23(27)31-19-9-7-18(8-10-19)26-22(30)17-6-11-21(29)28(15-17)14-16-4-2-3-5-20(16)24/h2-13,15H,14H2,1H3,(H,26,30). The van der Waals surface area contributed by atoms with Crippen molar-refractivity contribution < 1.29 is 4.79 Å². The van der Waals surface area contributed by atoms with Gasteiger partial charge in [-0.3, -0.25) is 9.59 Å². The highest BCUT2D eigenvalue weighted by Gasteiger charge is 2.10. The molecule has 156 valence electrons. The number of carbonyl (C=O) groups is 1. The highest BCUT2D eigenvalue weighted by molar-refractivity contribution is 7.99. The Labute approximate surface area is 188 Å². The van der Waals surface area contributed by atoms with Crippen molar-refractivity contribution >= 4 is 35.0 Å². The minimum absolute atomic E-state index is 0.202. The van der Waals surface area contributed by atoms with Gasteiger partial charge in [0.05, 0.1) is 12.1 Å². The van der Waals surface area contributed by atoms with Crippen molar-refractivity contribution in [2.45, 2.75) is 16.6 Å². The zero-order valence-corrected chi connectivity index (χ0v) is 18.2. The third kappa shape index (κ3) is 5.07. The van der Waals surface area contributed by atoms with Gasteiger partial charge in [-0.1, -0.05) is 41.6 Å². The minimum atomic E-state index is -0.294. The molecule has 0 aliphatic heterocycles. The van der Waals surface area contributed by atoms with Crippen LogP contribution in [0.3, 0.4) is 0 Å². The number of pyridine rings is 1.